The number of halogens is 2. The van der Waals surface area contributed by atoms with Gasteiger partial charge in [-0.3, -0.25) is 47.8 Å². The predicted molar refractivity (Wildman–Crippen MR) is 445 cm³/mol. The van der Waals surface area contributed by atoms with Crippen molar-refractivity contribution in [1.82, 2.24) is 20.0 Å². The lowest BCUT2D eigenvalue weighted by molar-refractivity contribution is -0.158. The lowest BCUT2D eigenvalue weighted by atomic mass is 9.87. The van der Waals surface area contributed by atoms with Gasteiger partial charge in [0, 0.05) is 62.1 Å². The second-order valence-electron chi connectivity index (χ2n) is 29.9. The second kappa shape index (κ2) is 37.8. The first kappa shape index (κ1) is 86.9. The minimum absolute atomic E-state index is 0. The molecule has 16 rings (SSSR count). The number of benzene rings is 10. The molecule has 10 aromatic carbocycles. The zero-order valence-electron chi connectivity index (χ0n) is 63.5. The topological polar surface area (TPSA) is 343 Å². The number of aliphatic hydroxyl groups is 3. The van der Waals surface area contributed by atoms with Crippen LogP contribution in [0.2, 0.25) is 19.6 Å². The van der Waals surface area contributed by atoms with Crippen LogP contribution < -0.4 is 22.5 Å². The van der Waals surface area contributed by atoms with E-state index in [9.17, 15) is 38.2 Å². The standard InChI is InChI=1S/C26H23FN2O3.C22H15FO2.C20H24N2OSi.C17H18N2O2.C4H8N2O2.CH4.H2O4S/c27-22-12-19(14-29-15-26(31,16-29)25(28)30)6-8-21(22)24-13-20-11-18(7-9-23(20)32-24)10-17-4-2-1-3-5-17;23-20-12-17(14-24)6-8-19(20)22-13-18-11-16(7-9-21(18)25-22)10-15-4-2-1-3-5-15;1-21-20(23-24(2,3)4)15-22(16-20)19(17-11-7-5-8-12-17)18-13-9-6-10-14-18;18-16(20)17(21)11-19(12-17)15(13-7-3-1-4-8-13)14-9-5-2-6-10-14;5-3(7)4(8)1-6-2-4;;1-5(2,3)4/h1-9,11-13,31H,10,14-16H2,(H2,28,30);1-9,11-14H,10H2;5-14,19H,15-16H2,2-4H3;1-10,15,21H,11-12H2,(H2,18,20);6,8H,1-2H2,(H2,5,7);1H4;(H2,1,2,3,4). The van der Waals surface area contributed by atoms with E-state index < -0.39 is 64.8 Å². The number of nitrogens with one attached hydrogen (secondary N) is 1. The first-order valence-corrected chi connectivity index (χ1v) is 41.7. The van der Waals surface area contributed by atoms with Crippen molar-refractivity contribution in [2.24, 2.45) is 17.2 Å². The summed E-state index contributed by atoms with van der Waals surface area (Å²) in [6.07, 6.45) is 2.28. The molecular formula is C90H94F2N8O14SSi. The summed E-state index contributed by atoms with van der Waals surface area (Å²) in [5, 5.41) is 33.6. The third-order valence-corrected chi connectivity index (χ3v) is 20.7. The summed E-state index contributed by atoms with van der Waals surface area (Å²) in [5.74, 6) is -1.93. The Labute approximate surface area is 673 Å². The van der Waals surface area contributed by atoms with Gasteiger partial charge in [-0.25, -0.2) is 15.4 Å². The fourth-order valence-electron chi connectivity index (χ4n) is 14.0. The molecule has 4 saturated heterocycles. The van der Waals surface area contributed by atoms with Gasteiger partial charge in [0.2, 0.25) is 0 Å². The van der Waals surface area contributed by atoms with Gasteiger partial charge < -0.3 is 51.1 Å². The fourth-order valence-corrected chi connectivity index (χ4v) is 15.3. The van der Waals surface area contributed by atoms with Crippen LogP contribution in [0.15, 0.2) is 276 Å². The SMILES string of the molecule is C.NC(=O)C1(O)CN(C(c2ccccc2)c2ccccc2)C1.NC(=O)C1(O)CN(Cc2ccc(-c3cc4cc(Cc5ccccc5)ccc4o3)c(F)c2)C1.NC(=O)C1(O)CNC1.O=Cc1ccc(-c2cc3cc(Cc4ccccc4)ccc3o2)c(F)c1.O=S(=O)(O)O.[C-]#[N+]C1(O[Si](C)(C)C)CN(C(c2ccccc2)c2ccccc2)C1. The molecule has 12 N–H and O–H groups in total. The Hall–Kier alpha value is -11.5. The van der Waals surface area contributed by atoms with Crippen molar-refractivity contribution in [2.75, 3.05) is 52.4 Å². The highest BCUT2D eigenvalue weighted by molar-refractivity contribution is 7.79. The normalized spacial score (nSPS) is 15.5. The third kappa shape index (κ3) is 22.7. The summed E-state index contributed by atoms with van der Waals surface area (Å²) in [5.41, 5.74) is 23.3. The molecule has 0 aliphatic carbocycles. The molecule has 12 aromatic rings. The molecule has 22 nitrogen and oxygen atoms in total. The van der Waals surface area contributed by atoms with E-state index in [0.29, 0.717) is 78.4 Å². The first-order valence-electron chi connectivity index (χ1n) is 36.9. The Balaban J connectivity index is 0.000000156. The molecule has 602 valence electrons. The van der Waals surface area contributed by atoms with Gasteiger partial charge in [-0.15, -0.1) is 0 Å². The quantitative estimate of drug-likeness (QED) is 0.0148. The van der Waals surface area contributed by atoms with Crippen LogP contribution in [0, 0.1) is 18.2 Å². The van der Waals surface area contributed by atoms with E-state index in [1.807, 2.05) is 132 Å². The van der Waals surface area contributed by atoms with Gasteiger partial charge in [-0.1, -0.05) is 214 Å². The van der Waals surface area contributed by atoms with Crippen molar-refractivity contribution < 1.29 is 74.1 Å². The number of hydrogen-bond donors (Lipinski definition) is 9. The number of carbonyl (C=O) groups is 4. The molecule has 0 spiro atoms. The number of nitrogens with zero attached hydrogens (tertiary/aromatic N) is 4. The van der Waals surface area contributed by atoms with Crippen molar-refractivity contribution in [2.45, 2.75) is 81.1 Å². The van der Waals surface area contributed by atoms with E-state index in [2.05, 4.69) is 149 Å². The number of β-amino-alcohol motifs (C(OH)–C–C–N with tert-alkyl or cyclic N) is 3. The minimum atomic E-state index is -4.67. The molecule has 6 heterocycles. The average Bonchev–Trinajstić information content (AvgIpc) is 0.921. The number of amides is 3. The molecule has 0 unspecified atom stereocenters. The summed E-state index contributed by atoms with van der Waals surface area (Å²) in [4.78, 5) is 53.6. The van der Waals surface area contributed by atoms with Crippen LogP contribution in [0.5, 0.6) is 0 Å². The molecule has 0 atom stereocenters. The lowest BCUT2D eigenvalue weighted by Gasteiger charge is -2.48. The third-order valence-electron chi connectivity index (χ3n) is 19.7. The van der Waals surface area contributed by atoms with Crippen LogP contribution in [-0.4, -0.2) is 155 Å². The Morgan fingerprint density at radius 2 is 0.862 bits per heavy atom. The minimum Gasteiger partial charge on any atom is -0.456 e. The van der Waals surface area contributed by atoms with E-state index in [-0.39, 0.29) is 51.5 Å². The van der Waals surface area contributed by atoms with Gasteiger partial charge in [0.1, 0.15) is 53.7 Å². The van der Waals surface area contributed by atoms with Gasteiger partial charge in [0.15, 0.2) is 25.1 Å². The number of primary amides is 3. The number of carbonyl (C=O) groups excluding carboxylic acids is 4. The molecule has 116 heavy (non-hydrogen) atoms. The van der Waals surface area contributed by atoms with Gasteiger partial charge in [0.25, 0.3) is 17.7 Å². The van der Waals surface area contributed by atoms with Crippen LogP contribution in [0.3, 0.4) is 0 Å². The predicted octanol–water partition coefficient (Wildman–Crippen LogP) is 13.2. The van der Waals surface area contributed by atoms with Crippen LogP contribution in [0.4, 0.5) is 8.78 Å². The smallest absolute Gasteiger partial charge is 0.394 e. The Morgan fingerprint density at radius 3 is 1.19 bits per heavy atom. The Bertz CT molecular complexity index is 5400. The van der Waals surface area contributed by atoms with E-state index in [0.717, 1.165) is 45.9 Å². The molecule has 3 amide bonds. The van der Waals surface area contributed by atoms with Crippen molar-refractivity contribution in [3.63, 3.8) is 0 Å². The molecule has 2 aromatic heterocycles. The monoisotopic (exact) mass is 1610 g/mol. The molecule has 0 saturated carbocycles. The summed E-state index contributed by atoms with van der Waals surface area (Å²) in [7, 11) is -6.41. The van der Waals surface area contributed by atoms with E-state index >= 15 is 0 Å². The van der Waals surface area contributed by atoms with Gasteiger partial charge >= 0.3 is 16.1 Å². The maximum Gasteiger partial charge on any atom is 0.394 e. The van der Waals surface area contributed by atoms with Crippen molar-refractivity contribution in [3.8, 4) is 22.6 Å². The molecule has 4 aliphatic heterocycles. The van der Waals surface area contributed by atoms with Gasteiger partial charge in [-0.2, -0.15) is 8.42 Å². The van der Waals surface area contributed by atoms with Gasteiger partial charge in [0.05, 0.1) is 23.2 Å². The number of furan rings is 2. The lowest BCUT2D eigenvalue weighted by Crippen LogP contribution is -2.68. The summed E-state index contributed by atoms with van der Waals surface area (Å²) < 4.78 is 78.6. The molecular weight excluding hydrogens is 1520 g/mol. The van der Waals surface area contributed by atoms with Gasteiger partial charge in [-0.05, 0) is 143 Å². The maximum absolute atomic E-state index is 14.9. The number of hydrogen-bond acceptors (Lipinski definition) is 16. The maximum atomic E-state index is 14.9. The van der Waals surface area contributed by atoms with Crippen LogP contribution in [-0.2, 0) is 48.6 Å². The summed E-state index contributed by atoms with van der Waals surface area (Å²) in [6, 6.07) is 86.9. The molecule has 4 aliphatic rings. The average molecular weight is 1610 g/mol. The fraction of sp³-hybridized carbons (Fsp3) is 0.233. The Morgan fingerprint density at radius 1 is 0.509 bits per heavy atom. The molecule has 26 heteroatoms. The number of aldehydes is 1. The van der Waals surface area contributed by atoms with Crippen molar-refractivity contribution in [1.29, 1.82) is 0 Å². The molecule has 4 fully saturated rings. The number of likely N-dealkylation sites (tertiary alicyclic amines) is 3. The van der Waals surface area contributed by atoms with Crippen LogP contribution >= 0.6 is 0 Å². The first-order chi connectivity index (χ1) is 54.8. The van der Waals surface area contributed by atoms with Crippen molar-refractivity contribution in [3.05, 3.63) is 346 Å². The highest BCUT2D eigenvalue weighted by Gasteiger charge is 2.56. The second-order valence-corrected chi connectivity index (χ2v) is 35.2. The van der Waals surface area contributed by atoms with E-state index in [4.69, 9.17) is 59.7 Å². The van der Waals surface area contributed by atoms with Crippen LogP contribution in [0.1, 0.15) is 79.9 Å². The largest absolute Gasteiger partial charge is 0.456 e. The zero-order valence-corrected chi connectivity index (χ0v) is 65.3. The van der Waals surface area contributed by atoms with E-state index in [1.165, 1.54) is 39.9 Å². The number of nitrogens with two attached hydrogens (primary N) is 3. The van der Waals surface area contributed by atoms with Crippen LogP contribution in [0.25, 0.3) is 49.4 Å². The highest BCUT2D eigenvalue weighted by Crippen LogP contribution is 2.41. The molecule has 0 radical (unpaired) electrons. The molecule has 0 bridgehead atoms. The zero-order chi connectivity index (χ0) is 82.3. The van der Waals surface area contributed by atoms with Crippen molar-refractivity contribution >= 4 is 64.7 Å². The van der Waals surface area contributed by atoms with E-state index in [1.54, 1.807) is 18.2 Å². The Kier molecular flexibility index (Phi) is 28.3. The summed E-state index contributed by atoms with van der Waals surface area (Å²) >= 11 is 0. The highest BCUT2D eigenvalue weighted by atomic mass is 32.3. The number of fused-ring (bicyclic) bond motifs is 2. The summed E-state index contributed by atoms with van der Waals surface area (Å²) in [6.45, 7) is 17.2. The number of rotatable bonds is 20.